The average molecular weight is 318 g/mol. The van der Waals surface area contributed by atoms with Crippen molar-refractivity contribution in [3.63, 3.8) is 0 Å². The van der Waals surface area contributed by atoms with E-state index in [9.17, 15) is 4.79 Å². The molecule has 0 N–H and O–H groups in total. The lowest BCUT2D eigenvalue weighted by Crippen LogP contribution is -2.46. The van der Waals surface area contributed by atoms with Gasteiger partial charge in [-0.15, -0.1) is 10.2 Å². The fourth-order valence-electron chi connectivity index (χ4n) is 2.71. The molecule has 22 heavy (non-hydrogen) atoms. The first-order chi connectivity index (χ1) is 10.6. The number of ether oxygens (including phenoxy) is 1. The van der Waals surface area contributed by atoms with Crippen molar-refractivity contribution >= 4 is 23.4 Å². The minimum Gasteiger partial charge on any atom is -0.372 e. The van der Waals surface area contributed by atoms with Crippen molar-refractivity contribution in [1.82, 2.24) is 15.2 Å². The van der Waals surface area contributed by atoms with Crippen molar-refractivity contribution in [1.29, 1.82) is 0 Å². The number of aryl methyl sites for hydroxylation is 1. The highest BCUT2D eigenvalue weighted by atomic mass is 32.1. The summed E-state index contributed by atoms with van der Waals surface area (Å²) in [6.45, 7) is 7.42. The quantitative estimate of drug-likeness (QED) is 0.809. The maximum Gasteiger partial charge on any atom is 0.153 e. The lowest BCUT2D eigenvalue weighted by molar-refractivity contribution is -0.00549. The highest BCUT2D eigenvalue weighted by Crippen LogP contribution is 2.28. The fraction of sp³-hybridized carbons (Fsp3) is 0.467. The van der Waals surface area contributed by atoms with Crippen LogP contribution in [0.15, 0.2) is 12.3 Å². The Kier molecular flexibility index (Phi) is 4.17. The molecule has 1 fully saturated rings. The Hall–Kier alpha value is -1.86. The smallest absolute Gasteiger partial charge is 0.153 e. The molecule has 0 bridgehead atoms. The molecular formula is C15H18N4O2S. The van der Waals surface area contributed by atoms with Gasteiger partial charge in [-0.2, -0.15) is 0 Å². The molecule has 0 spiro atoms. The predicted octanol–water partition coefficient (Wildman–Crippen LogP) is 2.33. The van der Waals surface area contributed by atoms with Crippen LogP contribution in [0.25, 0.3) is 10.6 Å². The molecule has 1 aliphatic rings. The van der Waals surface area contributed by atoms with Gasteiger partial charge in [-0.3, -0.25) is 4.79 Å². The first-order valence-electron chi connectivity index (χ1n) is 7.23. The summed E-state index contributed by atoms with van der Waals surface area (Å²) in [6.07, 6.45) is 2.85. The molecule has 3 heterocycles. The van der Waals surface area contributed by atoms with E-state index in [2.05, 4.69) is 20.1 Å². The third-order valence-corrected chi connectivity index (χ3v) is 4.40. The second kappa shape index (κ2) is 6.10. The summed E-state index contributed by atoms with van der Waals surface area (Å²) in [6, 6.07) is 1.83. The zero-order chi connectivity index (χ0) is 15.7. The molecule has 2 unspecified atom stereocenters. The van der Waals surface area contributed by atoms with E-state index < -0.39 is 0 Å². The number of carbonyl (C=O) groups excluding carboxylic acids is 1. The van der Waals surface area contributed by atoms with Gasteiger partial charge >= 0.3 is 0 Å². The van der Waals surface area contributed by atoms with Crippen LogP contribution in [0, 0.1) is 6.92 Å². The van der Waals surface area contributed by atoms with Crippen molar-refractivity contribution in [2.24, 2.45) is 0 Å². The first kappa shape index (κ1) is 15.1. The summed E-state index contributed by atoms with van der Waals surface area (Å²) in [5.74, 6) is 0.710. The monoisotopic (exact) mass is 318 g/mol. The maximum absolute atomic E-state index is 11.5. The van der Waals surface area contributed by atoms with Crippen LogP contribution in [0.1, 0.15) is 29.2 Å². The SMILES string of the molecule is Cc1nnc(-c2cnc(N3CC(C)OC(C)C3)c(C=O)c2)s1. The van der Waals surface area contributed by atoms with Gasteiger partial charge in [0.2, 0.25) is 0 Å². The standard InChI is InChI=1S/C15H18N4O2S/c1-9-6-19(7-10(2)21-9)14-13(8-20)4-12(5-16-14)15-18-17-11(3)22-15/h4-5,8-10H,6-7H2,1-3H3. The third kappa shape index (κ3) is 3.00. The Morgan fingerprint density at radius 2 is 2.05 bits per heavy atom. The van der Waals surface area contributed by atoms with Gasteiger partial charge in [-0.25, -0.2) is 4.98 Å². The van der Waals surface area contributed by atoms with Gasteiger partial charge in [0.05, 0.1) is 17.8 Å². The molecule has 2 aromatic rings. The molecule has 116 valence electrons. The molecule has 0 radical (unpaired) electrons. The lowest BCUT2D eigenvalue weighted by atomic mass is 10.1. The van der Waals surface area contributed by atoms with Crippen molar-refractivity contribution < 1.29 is 9.53 Å². The van der Waals surface area contributed by atoms with Crippen molar-refractivity contribution in [2.75, 3.05) is 18.0 Å². The molecule has 0 aliphatic carbocycles. The van der Waals surface area contributed by atoms with Crippen LogP contribution >= 0.6 is 11.3 Å². The van der Waals surface area contributed by atoms with Crippen LogP contribution in [0.4, 0.5) is 5.82 Å². The number of nitrogens with zero attached hydrogens (tertiary/aromatic N) is 4. The molecule has 0 saturated carbocycles. The van der Waals surface area contributed by atoms with E-state index >= 15 is 0 Å². The van der Waals surface area contributed by atoms with Gasteiger partial charge in [-0.1, -0.05) is 11.3 Å². The Bertz CT molecular complexity index is 678. The van der Waals surface area contributed by atoms with Crippen molar-refractivity contribution in [2.45, 2.75) is 33.0 Å². The number of aldehydes is 1. The maximum atomic E-state index is 11.5. The number of pyridine rings is 1. The summed E-state index contributed by atoms with van der Waals surface area (Å²) in [5.41, 5.74) is 1.40. The lowest BCUT2D eigenvalue weighted by Gasteiger charge is -2.36. The highest BCUT2D eigenvalue weighted by Gasteiger charge is 2.25. The van der Waals surface area contributed by atoms with Gasteiger partial charge < -0.3 is 9.64 Å². The minimum absolute atomic E-state index is 0.121. The summed E-state index contributed by atoms with van der Waals surface area (Å²) in [5, 5.41) is 9.78. The van der Waals surface area contributed by atoms with Crippen LogP contribution in [0.3, 0.4) is 0 Å². The average Bonchev–Trinajstić information content (AvgIpc) is 2.92. The molecule has 7 heteroatoms. The molecular weight excluding hydrogens is 300 g/mol. The third-order valence-electron chi connectivity index (χ3n) is 3.51. The number of hydrogen-bond donors (Lipinski definition) is 0. The summed E-state index contributed by atoms with van der Waals surface area (Å²) in [4.78, 5) is 18.1. The van der Waals surface area contributed by atoms with Crippen molar-refractivity contribution in [3.8, 4) is 10.6 Å². The Balaban J connectivity index is 1.94. The number of aromatic nitrogens is 3. The van der Waals surface area contributed by atoms with Gasteiger partial charge in [0.1, 0.15) is 15.8 Å². The molecule has 2 aromatic heterocycles. The van der Waals surface area contributed by atoms with E-state index in [4.69, 9.17) is 4.74 Å². The molecule has 0 aromatic carbocycles. The predicted molar refractivity (Wildman–Crippen MR) is 85.5 cm³/mol. The van der Waals surface area contributed by atoms with E-state index in [1.165, 1.54) is 11.3 Å². The zero-order valence-corrected chi connectivity index (χ0v) is 13.6. The van der Waals surface area contributed by atoms with Crippen LogP contribution in [-0.4, -0.2) is 46.8 Å². The summed E-state index contributed by atoms with van der Waals surface area (Å²) >= 11 is 1.49. The van der Waals surface area contributed by atoms with E-state index in [0.29, 0.717) is 11.4 Å². The highest BCUT2D eigenvalue weighted by molar-refractivity contribution is 7.14. The first-order valence-corrected chi connectivity index (χ1v) is 8.04. The summed E-state index contributed by atoms with van der Waals surface area (Å²) < 4.78 is 5.73. The van der Waals surface area contributed by atoms with Crippen LogP contribution in [0.5, 0.6) is 0 Å². The van der Waals surface area contributed by atoms with Gasteiger partial charge in [0, 0.05) is 24.8 Å². The number of hydrogen-bond acceptors (Lipinski definition) is 7. The Labute approximate surface area is 133 Å². The fourth-order valence-corrected chi connectivity index (χ4v) is 3.38. The zero-order valence-electron chi connectivity index (χ0n) is 12.8. The number of anilines is 1. The number of rotatable bonds is 3. The Morgan fingerprint density at radius 3 is 2.64 bits per heavy atom. The van der Waals surface area contributed by atoms with Gasteiger partial charge in [-0.05, 0) is 26.8 Å². The van der Waals surface area contributed by atoms with Gasteiger partial charge in [0.15, 0.2) is 6.29 Å². The number of carbonyl (C=O) groups is 1. The number of morpholine rings is 1. The van der Waals surface area contributed by atoms with E-state index in [1.807, 2.05) is 26.8 Å². The van der Waals surface area contributed by atoms with Crippen molar-refractivity contribution in [3.05, 3.63) is 22.8 Å². The van der Waals surface area contributed by atoms with E-state index in [0.717, 1.165) is 35.0 Å². The van der Waals surface area contributed by atoms with Crippen LogP contribution < -0.4 is 4.90 Å². The topological polar surface area (TPSA) is 68.2 Å². The molecule has 1 aliphatic heterocycles. The minimum atomic E-state index is 0.121. The summed E-state index contributed by atoms with van der Waals surface area (Å²) in [7, 11) is 0. The molecule has 2 atom stereocenters. The van der Waals surface area contributed by atoms with E-state index in [-0.39, 0.29) is 12.2 Å². The second-order valence-corrected chi connectivity index (χ2v) is 6.72. The second-order valence-electron chi connectivity index (χ2n) is 5.54. The molecule has 0 amide bonds. The molecule has 1 saturated heterocycles. The van der Waals surface area contributed by atoms with Crippen LogP contribution in [-0.2, 0) is 4.74 Å². The molecule has 6 nitrogen and oxygen atoms in total. The van der Waals surface area contributed by atoms with E-state index in [1.54, 1.807) is 6.20 Å². The van der Waals surface area contributed by atoms with Crippen LogP contribution in [0.2, 0.25) is 0 Å². The van der Waals surface area contributed by atoms with Gasteiger partial charge in [0.25, 0.3) is 0 Å². The largest absolute Gasteiger partial charge is 0.372 e. The normalized spacial score (nSPS) is 21.9. The molecule has 3 rings (SSSR count). The Morgan fingerprint density at radius 1 is 1.32 bits per heavy atom.